The number of Topliss-reactive ketones (excluding diaryl/α,β-unsaturated/α-hetero) is 1. The predicted octanol–water partition coefficient (Wildman–Crippen LogP) is 6.51. The summed E-state index contributed by atoms with van der Waals surface area (Å²) in [6.45, 7) is 10.3. The van der Waals surface area contributed by atoms with Gasteiger partial charge in [0.2, 0.25) is 0 Å². The third-order valence-electron chi connectivity index (χ3n) is 5.12. The first kappa shape index (κ1) is 21.8. The van der Waals surface area contributed by atoms with Gasteiger partial charge in [-0.3, -0.25) is 4.79 Å². The molecule has 0 saturated heterocycles. The number of carbonyl (C=O) groups excluding carboxylic acids is 1. The molecular formula is C26H26N2OS. The second-order valence-corrected chi connectivity index (χ2v) is 9.44. The van der Waals surface area contributed by atoms with Crippen molar-refractivity contribution in [2.45, 2.75) is 45.1 Å². The molecule has 30 heavy (non-hydrogen) atoms. The van der Waals surface area contributed by atoms with E-state index in [-0.39, 0.29) is 17.0 Å². The van der Waals surface area contributed by atoms with Gasteiger partial charge in [-0.2, -0.15) is 5.26 Å². The number of thioether (sulfide) groups is 1. The molecule has 0 atom stereocenters. The summed E-state index contributed by atoms with van der Waals surface area (Å²) in [6.07, 6.45) is 0. The van der Waals surface area contributed by atoms with Gasteiger partial charge in [0, 0.05) is 22.2 Å². The minimum atomic E-state index is -0.176. The SMILES string of the molecule is Cc1ccc(C(=O)CSc2nc(C(C)(C)C)cc(-c3ccccc3)c2C#N)cc1C. The lowest BCUT2D eigenvalue weighted by Gasteiger charge is -2.21. The van der Waals surface area contributed by atoms with E-state index in [1.807, 2.05) is 68.4 Å². The Balaban J connectivity index is 1.99. The summed E-state index contributed by atoms with van der Waals surface area (Å²) in [6, 6.07) is 20.0. The molecule has 0 aliphatic rings. The Bertz CT molecular complexity index is 1120. The van der Waals surface area contributed by atoms with Crippen LogP contribution in [0.3, 0.4) is 0 Å². The van der Waals surface area contributed by atoms with Gasteiger partial charge in [-0.1, -0.05) is 75.0 Å². The standard InChI is InChI=1S/C26H26N2OS/c1-17-11-12-20(13-18(17)2)23(29)16-30-25-22(15-27)21(19-9-7-6-8-10-19)14-24(28-25)26(3,4)5/h6-14H,16H2,1-5H3. The maximum absolute atomic E-state index is 12.8. The van der Waals surface area contributed by atoms with Gasteiger partial charge < -0.3 is 0 Å². The maximum Gasteiger partial charge on any atom is 0.173 e. The van der Waals surface area contributed by atoms with Gasteiger partial charge in [0.1, 0.15) is 11.1 Å². The van der Waals surface area contributed by atoms with Crippen LogP contribution in [0.1, 0.15) is 53.5 Å². The number of hydrogen-bond acceptors (Lipinski definition) is 4. The molecular weight excluding hydrogens is 388 g/mol. The number of ketones is 1. The minimum absolute atomic E-state index is 0.0382. The Morgan fingerprint density at radius 1 is 1.03 bits per heavy atom. The number of aryl methyl sites for hydroxylation is 2. The molecule has 0 aliphatic heterocycles. The largest absolute Gasteiger partial charge is 0.293 e. The van der Waals surface area contributed by atoms with E-state index < -0.39 is 0 Å². The van der Waals surface area contributed by atoms with E-state index in [9.17, 15) is 10.1 Å². The summed E-state index contributed by atoms with van der Waals surface area (Å²) in [7, 11) is 0. The lowest BCUT2D eigenvalue weighted by Crippen LogP contribution is -2.15. The van der Waals surface area contributed by atoms with E-state index in [0.29, 0.717) is 16.2 Å². The van der Waals surface area contributed by atoms with Crippen molar-refractivity contribution in [2.75, 3.05) is 5.75 Å². The van der Waals surface area contributed by atoms with E-state index in [0.717, 1.165) is 27.9 Å². The molecule has 152 valence electrons. The average molecular weight is 415 g/mol. The first-order chi connectivity index (χ1) is 14.2. The van der Waals surface area contributed by atoms with Crippen LogP contribution in [-0.4, -0.2) is 16.5 Å². The van der Waals surface area contributed by atoms with E-state index in [1.165, 1.54) is 11.8 Å². The van der Waals surface area contributed by atoms with Crippen molar-refractivity contribution in [1.29, 1.82) is 5.26 Å². The molecule has 0 fully saturated rings. The fourth-order valence-corrected chi connectivity index (χ4v) is 3.99. The van der Waals surface area contributed by atoms with Crippen molar-refractivity contribution in [1.82, 2.24) is 4.98 Å². The van der Waals surface area contributed by atoms with Crippen molar-refractivity contribution < 1.29 is 4.79 Å². The van der Waals surface area contributed by atoms with Crippen LogP contribution < -0.4 is 0 Å². The van der Waals surface area contributed by atoms with Gasteiger partial charge in [-0.05, 0) is 42.7 Å². The van der Waals surface area contributed by atoms with E-state index in [1.54, 1.807) is 0 Å². The highest BCUT2D eigenvalue weighted by Gasteiger charge is 2.22. The highest BCUT2D eigenvalue weighted by Crippen LogP contribution is 2.34. The minimum Gasteiger partial charge on any atom is -0.293 e. The van der Waals surface area contributed by atoms with Crippen molar-refractivity contribution >= 4 is 17.5 Å². The summed E-state index contributed by atoms with van der Waals surface area (Å²) < 4.78 is 0. The van der Waals surface area contributed by atoms with Crippen LogP contribution in [0.5, 0.6) is 0 Å². The van der Waals surface area contributed by atoms with Crippen LogP contribution in [0.4, 0.5) is 0 Å². The molecule has 1 aromatic heterocycles. The number of rotatable bonds is 5. The zero-order chi connectivity index (χ0) is 21.9. The molecule has 0 aliphatic carbocycles. The molecule has 0 amide bonds. The second-order valence-electron chi connectivity index (χ2n) is 8.47. The fourth-order valence-electron chi connectivity index (χ4n) is 3.10. The molecule has 0 bridgehead atoms. The normalized spacial score (nSPS) is 11.2. The quantitative estimate of drug-likeness (QED) is 0.353. The Kier molecular flexibility index (Phi) is 6.43. The number of nitrogens with zero attached hydrogens (tertiary/aromatic N) is 2. The van der Waals surface area contributed by atoms with E-state index in [2.05, 4.69) is 26.8 Å². The second kappa shape index (κ2) is 8.85. The van der Waals surface area contributed by atoms with Gasteiger partial charge >= 0.3 is 0 Å². The molecule has 4 heteroatoms. The Morgan fingerprint density at radius 2 is 1.73 bits per heavy atom. The van der Waals surface area contributed by atoms with E-state index >= 15 is 0 Å². The zero-order valence-corrected chi connectivity index (χ0v) is 18.9. The average Bonchev–Trinajstić information content (AvgIpc) is 2.73. The predicted molar refractivity (Wildman–Crippen MR) is 124 cm³/mol. The highest BCUT2D eigenvalue weighted by molar-refractivity contribution is 8.00. The smallest absolute Gasteiger partial charge is 0.173 e. The van der Waals surface area contributed by atoms with Crippen LogP contribution in [0.25, 0.3) is 11.1 Å². The number of aromatic nitrogens is 1. The summed E-state index contributed by atoms with van der Waals surface area (Å²) in [5, 5.41) is 10.5. The third-order valence-corrected chi connectivity index (χ3v) is 6.10. The maximum atomic E-state index is 12.8. The van der Waals surface area contributed by atoms with Gasteiger partial charge in [-0.15, -0.1) is 0 Å². The van der Waals surface area contributed by atoms with Crippen LogP contribution in [0.2, 0.25) is 0 Å². The number of hydrogen-bond donors (Lipinski definition) is 0. The Morgan fingerprint density at radius 3 is 2.33 bits per heavy atom. The van der Waals surface area contributed by atoms with Crippen LogP contribution in [0, 0.1) is 25.2 Å². The number of nitriles is 1. The number of carbonyl (C=O) groups is 1. The first-order valence-electron chi connectivity index (χ1n) is 9.95. The van der Waals surface area contributed by atoms with Crippen LogP contribution >= 0.6 is 11.8 Å². The molecule has 0 radical (unpaired) electrons. The summed E-state index contributed by atoms with van der Waals surface area (Å²) in [5.41, 5.74) is 6.04. The molecule has 2 aromatic carbocycles. The molecule has 0 unspecified atom stereocenters. The lowest BCUT2D eigenvalue weighted by atomic mass is 9.89. The van der Waals surface area contributed by atoms with Gasteiger partial charge in [0.15, 0.2) is 5.78 Å². The summed E-state index contributed by atoms with van der Waals surface area (Å²) in [5.74, 6) is 0.280. The Hall–Kier alpha value is -2.90. The highest BCUT2D eigenvalue weighted by atomic mass is 32.2. The van der Waals surface area contributed by atoms with Gasteiger partial charge in [0.05, 0.1) is 11.3 Å². The van der Waals surface area contributed by atoms with E-state index in [4.69, 9.17) is 4.98 Å². The number of pyridine rings is 1. The van der Waals surface area contributed by atoms with Crippen LogP contribution in [0.15, 0.2) is 59.6 Å². The van der Waals surface area contributed by atoms with Crippen molar-refractivity contribution in [3.8, 4) is 17.2 Å². The molecule has 1 heterocycles. The molecule has 0 spiro atoms. The number of benzene rings is 2. The van der Waals surface area contributed by atoms with Crippen LogP contribution in [-0.2, 0) is 5.41 Å². The molecule has 3 nitrogen and oxygen atoms in total. The topological polar surface area (TPSA) is 53.8 Å². The summed E-state index contributed by atoms with van der Waals surface area (Å²) in [4.78, 5) is 17.6. The monoisotopic (exact) mass is 414 g/mol. The van der Waals surface area contributed by atoms with Gasteiger partial charge in [0.25, 0.3) is 0 Å². The molecule has 3 aromatic rings. The summed E-state index contributed by atoms with van der Waals surface area (Å²) >= 11 is 1.34. The Labute approximate surface area is 183 Å². The third kappa shape index (κ3) is 4.80. The zero-order valence-electron chi connectivity index (χ0n) is 18.1. The van der Waals surface area contributed by atoms with Crippen molar-refractivity contribution in [3.63, 3.8) is 0 Å². The van der Waals surface area contributed by atoms with Gasteiger partial charge in [-0.25, -0.2) is 4.98 Å². The van der Waals surface area contributed by atoms with Crippen molar-refractivity contribution in [3.05, 3.63) is 82.5 Å². The molecule has 0 saturated carbocycles. The lowest BCUT2D eigenvalue weighted by molar-refractivity contribution is 0.102. The van der Waals surface area contributed by atoms with Crippen molar-refractivity contribution in [2.24, 2.45) is 0 Å². The first-order valence-corrected chi connectivity index (χ1v) is 10.9. The molecule has 3 rings (SSSR count). The molecule has 0 N–H and O–H groups in total. The fraction of sp³-hybridized carbons (Fsp3) is 0.269.